The van der Waals surface area contributed by atoms with Crippen molar-refractivity contribution >= 4 is 39.3 Å². The third-order valence-corrected chi connectivity index (χ3v) is 5.33. The van der Waals surface area contributed by atoms with E-state index in [-0.39, 0.29) is 19.1 Å². The fourth-order valence-corrected chi connectivity index (χ4v) is 3.47. The molecule has 2 aromatic rings. The van der Waals surface area contributed by atoms with Crippen molar-refractivity contribution < 1.29 is 18.7 Å². The van der Waals surface area contributed by atoms with E-state index in [0.717, 1.165) is 17.3 Å². The minimum Gasteiger partial charge on any atom is -0.482 e. The van der Waals surface area contributed by atoms with Gasteiger partial charge in [0, 0.05) is 23.1 Å². The van der Waals surface area contributed by atoms with Gasteiger partial charge in [0.1, 0.15) is 17.6 Å². The third-order valence-electron chi connectivity index (χ3n) is 4.54. The number of ether oxygens (including phenoxy) is 1. The first kappa shape index (κ1) is 24.2. The zero-order valence-corrected chi connectivity index (χ0v) is 19.3. The molecule has 0 unspecified atom stereocenters. The van der Waals surface area contributed by atoms with Crippen LogP contribution in [0.25, 0.3) is 0 Å². The molecular weight excluding hydrogens is 475 g/mol. The molecule has 0 spiro atoms. The normalized spacial score (nSPS) is 11.6. The van der Waals surface area contributed by atoms with Crippen molar-refractivity contribution in [3.05, 3.63) is 63.3 Å². The Bertz CT molecular complexity index is 881. The van der Waals surface area contributed by atoms with E-state index in [1.165, 1.54) is 11.0 Å². The van der Waals surface area contributed by atoms with E-state index >= 15 is 0 Å². The summed E-state index contributed by atoms with van der Waals surface area (Å²) in [5.74, 6) is -0.838. The van der Waals surface area contributed by atoms with Gasteiger partial charge in [0.25, 0.3) is 5.91 Å². The number of hydrogen-bond donors (Lipinski definition) is 1. The molecule has 0 aromatic heterocycles. The summed E-state index contributed by atoms with van der Waals surface area (Å²) in [4.78, 5) is 26.8. The second-order valence-electron chi connectivity index (χ2n) is 6.80. The summed E-state index contributed by atoms with van der Waals surface area (Å²) in [7, 11) is 0. The molecule has 0 fully saturated rings. The number of carbonyl (C=O) groups excluding carboxylic acids is 2. The zero-order valence-electron chi connectivity index (χ0n) is 17.0. The molecule has 0 aliphatic carbocycles. The molecule has 2 aromatic carbocycles. The van der Waals surface area contributed by atoms with E-state index in [1.54, 1.807) is 43.3 Å². The Kier molecular flexibility index (Phi) is 9.59. The number of halogens is 3. The second kappa shape index (κ2) is 11.9. The Morgan fingerprint density at radius 1 is 1.27 bits per heavy atom. The summed E-state index contributed by atoms with van der Waals surface area (Å²) in [6, 6.07) is 10.4. The Morgan fingerprint density at radius 2 is 2.00 bits per heavy atom. The minimum atomic E-state index is -0.794. The maximum atomic E-state index is 14.2. The topological polar surface area (TPSA) is 58.6 Å². The van der Waals surface area contributed by atoms with Crippen LogP contribution in [0.3, 0.4) is 0 Å². The van der Waals surface area contributed by atoms with Crippen LogP contribution in [-0.2, 0) is 16.1 Å². The number of nitrogens with zero attached hydrogens (tertiary/aromatic N) is 1. The SMILES string of the molecule is CCCCNC(=O)[C@H](C)N(Cc1ccccc1F)C(=O)COc1ccc(Br)cc1Cl. The highest BCUT2D eigenvalue weighted by Crippen LogP contribution is 2.27. The van der Waals surface area contributed by atoms with Crippen molar-refractivity contribution in [2.45, 2.75) is 39.3 Å². The lowest BCUT2D eigenvalue weighted by molar-refractivity contribution is -0.142. The van der Waals surface area contributed by atoms with Crippen LogP contribution in [0.15, 0.2) is 46.9 Å². The molecule has 1 atom stereocenters. The van der Waals surface area contributed by atoms with Gasteiger partial charge in [-0.25, -0.2) is 4.39 Å². The summed E-state index contributed by atoms with van der Waals surface area (Å²) < 4.78 is 20.5. The first-order chi connectivity index (χ1) is 14.3. The number of benzene rings is 2. The monoisotopic (exact) mass is 498 g/mol. The van der Waals surface area contributed by atoms with Gasteiger partial charge in [-0.3, -0.25) is 9.59 Å². The van der Waals surface area contributed by atoms with E-state index in [0.29, 0.717) is 22.9 Å². The van der Waals surface area contributed by atoms with Gasteiger partial charge in [0.05, 0.1) is 5.02 Å². The molecule has 0 aliphatic rings. The van der Waals surface area contributed by atoms with Crippen LogP contribution < -0.4 is 10.1 Å². The van der Waals surface area contributed by atoms with Crippen molar-refractivity contribution in [1.29, 1.82) is 0 Å². The predicted molar refractivity (Wildman–Crippen MR) is 119 cm³/mol. The Balaban J connectivity index is 2.15. The third kappa shape index (κ3) is 6.99. The molecular formula is C22H25BrClFN2O3. The standard InChI is InChI=1S/C22H25BrClFN2O3/c1-3-4-11-26-22(29)15(2)27(13-16-7-5-6-8-19(16)25)21(28)14-30-20-10-9-17(23)12-18(20)24/h5-10,12,15H,3-4,11,13-14H2,1-2H3,(H,26,29)/t15-/m0/s1. The Morgan fingerprint density at radius 3 is 2.67 bits per heavy atom. The van der Waals surface area contributed by atoms with Crippen molar-refractivity contribution in [3.63, 3.8) is 0 Å². The number of rotatable bonds is 10. The minimum absolute atomic E-state index is 0.0503. The fourth-order valence-electron chi connectivity index (χ4n) is 2.74. The van der Waals surface area contributed by atoms with Gasteiger partial charge in [-0.05, 0) is 37.6 Å². The van der Waals surface area contributed by atoms with Crippen molar-refractivity contribution in [1.82, 2.24) is 10.2 Å². The van der Waals surface area contributed by atoms with E-state index in [9.17, 15) is 14.0 Å². The average molecular weight is 500 g/mol. The van der Waals surface area contributed by atoms with Crippen LogP contribution >= 0.6 is 27.5 Å². The van der Waals surface area contributed by atoms with Crippen molar-refractivity contribution in [2.75, 3.05) is 13.2 Å². The molecule has 8 heteroatoms. The summed E-state index contributed by atoms with van der Waals surface area (Å²) in [5.41, 5.74) is 0.320. The molecule has 0 radical (unpaired) electrons. The molecule has 162 valence electrons. The highest BCUT2D eigenvalue weighted by Gasteiger charge is 2.27. The molecule has 0 bridgehead atoms. The number of amides is 2. The first-order valence-corrected chi connectivity index (χ1v) is 10.9. The lowest BCUT2D eigenvalue weighted by Crippen LogP contribution is -2.49. The molecule has 2 rings (SSSR count). The molecule has 5 nitrogen and oxygen atoms in total. The van der Waals surface area contributed by atoms with Gasteiger partial charge < -0.3 is 15.0 Å². The van der Waals surface area contributed by atoms with E-state index in [4.69, 9.17) is 16.3 Å². The van der Waals surface area contributed by atoms with Gasteiger partial charge in [-0.2, -0.15) is 0 Å². The largest absolute Gasteiger partial charge is 0.482 e. The number of carbonyl (C=O) groups is 2. The molecule has 2 amide bonds. The number of hydrogen-bond acceptors (Lipinski definition) is 3. The number of nitrogens with one attached hydrogen (secondary N) is 1. The Hall–Kier alpha value is -2.12. The van der Waals surface area contributed by atoms with Crippen LogP contribution in [0.2, 0.25) is 5.02 Å². The molecule has 0 saturated heterocycles. The first-order valence-electron chi connectivity index (χ1n) is 9.72. The van der Waals surface area contributed by atoms with Crippen LogP contribution in [0, 0.1) is 5.82 Å². The van der Waals surface area contributed by atoms with Crippen molar-refractivity contribution in [2.24, 2.45) is 0 Å². The fraction of sp³-hybridized carbons (Fsp3) is 0.364. The van der Waals surface area contributed by atoms with E-state index in [2.05, 4.69) is 21.2 Å². The van der Waals surface area contributed by atoms with Crippen LogP contribution in [-0.4, -0.2) is 35.9 Å². The van der Waals surface area contributed by atoms with E-state index in [1.807, 2.05) is 6.92 Å². The van der Waals surface area contributed by atoms with Crippen LogP contribution in [0.1, 0.15) is 32.3 Å². The summed E-state index contributed by atoms with van der Waals surface area (Å²) in [5, 5.41) is 3.16. The molecule has 30 heavy (non-hydrogen) atoms. The van der Waals surface area contributed by atoms with Gasteiger partial charge in [-0.15, -0.1) is 0 Å². The zero-order chi connectivity index (χ0) is 22.1. The van der Waals surface area contributed by atoms with Crippen LogP contribution in [0.5, 0.6) is 5.75 Å². The Labute approximate surface area is 189 Å². The quantitative estimate of drug-likeness (QED) is 0.470. The second-order valence-corrected chi connectivity index (χ2v) is 8.12. The van der Waals surface area contributed by atoms with Gasteiger partial charge in [-0.1, -0.05) is 59.1 Å². The molecule has 0 aliphatic heterocycles. The average Bonchev–Trinajstić information content (AvgIpc) is 2.72. The highest BCUT2D eigenvalue weighted by atomic mass is 79.9. The van der Waals surface area contributed by atoms with Gasteiger partial charge >= 0.3 is 0 Å². The molecule has 0 heterocycles. The smallest absolute Gasteiger partial charge is 0.261 e. The molecule has 0 saturated carbocycles. The lowest BCUT2D eigenvalue weighted by Gasteiger charge is -2.29. The predicted octanol–water partition coefficient (Wildman–Crippen LogP) is 4.95. The maximum absolute atomic E-state index is 14.2. The number of unbranched alkanes of at least 4 members (excludes halogenated alkanes) is 1. The van der Waals surface area contributed by atoms with Crippen molar-refractivity contribution in [3.8, 4) is 5.75 Å². The van der Waals surface area contributed by atoms with Gasteiger partial charge in [0.2, 0.25) is 5.91 Å². The lowest BCUT2D eigenvalue weighted by atomic mass is 10.1. The summed E-state index contributed by atoms with van der Waals surface area (Å²) >= 11 is 9.44. The van der Waals surface area contributed by atoms with Crippen LogP contribution in [0.4, 0.5) is 4.39 Å². The maximum Gasteiger partial charge on any atom is 0.261 e. The summed E-state index contributed by atoms with van der Waals surface area (Å²) in [6.07, 6.45) is 1.78. The van der Waals surface area contributed by atoms with Gasteiger partial charge in [0.15, 0.2) is 6.61 Å². The van der Waals surface area contributed by atoms with E-state index < -0.39 is 17.8 Å². The summed E-state index contributed by atoms with van der Waals surface area (Å²) in [6.45, 7) is 3.78. The molecule has 1 N–H and O–H groups in total. The highest BCUT2D eigenvalue weighted by molar-refractivity contribution is 9.10.